The number of hydrogen-bond donors (Lipinski definition) is 1. The zero-order valence-corrected chi connectivity index (χ0v) is 12.2. The van der Waals surface area contributed by atoms with E-state index in [0.29, 0.717) is 5.92 Å². The molecule has 0 saturated heterocycles. The van der Waals surface area contributed by atoms with Gasteiger partial charge in [0.25, 0.3) is 0 Å². The number of ether oxygens (including phenoxy) is 1. The van der Waals surface area contributed by atoms with Crippen molar-refractivity contribution in [1.82, 2.24) is 4.98 Å². The molecule has 0 spiro atoms. The van der Waals surface area contributed by atoms with Crippen LogP contribution in [0.25, 0.3) is 0 Å². The minimum atomic E-state index is 0.231. The van der Waals surface area contributed by atoms with Gasteiger partial charge in [-0.05, 0) is 60.9 Å². The van der Waals surface area contributed by atoms with E-state index in [2.05, 4.69) is 35.3 Å². The predicted octanol–water partition coefficient (Wildman–Crippen LogP) is 3.30. The van der Waals surface area contributed by atoms with E-state index in [1.165, 1.54) is 11.1 Å². The molecule has 21 heavy (non-hydrogen) atoms. The first-order valence-corrected chi connectivity index (χ1v) is 7.69. The van der Waals surface area contributed by atoms with Gasteiger partial charge in [-0.3, -0.25) is 4.98 Å². The summed E-state index contributed by atoms with van der Waals surface area (Å²) in [4.78, 5) is 4.05. The maximum Gasteiger partial charge on any atom is 0.122 e. The summed E-state index contributed by atoms with van der Waals surface area (Å²) >= 11 is 0. The number of aryl methyl sites for hydroxylation is 1. The van der Waals surface area contributed by atoms with Gasteiger partial charge in [0.1, 0.15) is 5.75 Å². The van der Waals surface area contributed by atoms with E-state index in [0.717, 1.165) is 38.0 Å². The average Bonchev–Trinajstić information content (AvgIpc) is 2.54. The maximum atomic E-state index is 6.35. The van der Waals surface area contributed by atoms with Gasteiger partial charge >= 0.3 is 0 Å². The molecule has 2 unspecified atom stereocenters. The molecule has 1 aromatic carbocycles. The van der Waals surface area contributed by atoms with E-state index >= 15 is 0 Å². The van der Waals surface area contributed by atoms with Crippen LogP contribution in [0, 0.1) is 0 Å². The first kappa shape index (κ1) is 14.1. The molecule has 3 nitrogen and oxygen atoms in total. The third-order valence-electron chi connectivity index (χ3n) is 4.22. The molecule has 2 heterocycles. The van der Waals surface area contributed by atoms with Crippen LogP contribution in [-0.4, -0.2) is 17.6 Å². The van der Waals surface area contributed by atoms with Crippen molar-refractivity contribution < 1.29 is 4.74 Å². The highest BCUT2D eigenvalue weighted by molar-refractivity contribution is 5.37. The predicted molar refractivity (Wildman–Crippen MR) is 84.4 cm³/mol. The van der Waals surface area contributed by atoms with Gasteiger partial charge in [-0.25, -0.2) is 0 Å². The summed E-state index contributed by atoms with van der Waals surface area (Å²) in [5.74, 6) is 1.57. The molecule has 0 bridgehead atoms. The van der Waals surface area contributed by atoms with Crippen molar-refractivity contribution in [1.29, 1.82) is 0 Å². The molecule has 110 valence electrons. The molecule has 0 fully saturated rings. The molecule has 1 aliphatic heterocycles. The fourth-order valence-corrected chi connectivity index (χ4v) is 3.05. The number of nitrogens with two attached hydrogens (primary N) is 1. The van der Waals surface area contributed by atoms with Crippen LogP contribution in [0.4, 0.5) is 0 Å². The van der Waals surface area contributed by atoms with Crippen molar-refractivity contribution in [3.63, 3.8) is 0 Å². The summed E-state index contributed by atoms with van der Waals surface area (Å²) < 4.78 is 5.72. The summed E-state index contributed by atoms with van der Waals surface area (Å²) in [6, 6.07) is 12.7. The van der Waals surface area contributed by atoms with Gasteiger partial charge in [-0.1, -0.05) is 18.2 Å². The van der Waals surface area contributed by atoms with Crippen LogP contribution in [0.3, 0.4) is 0 Å². The van der Waals surface area contributed by atoms with Gasteiger partial charge in [-0.15, -0.1) is 0 Å². The van der Waals surface area contributed by atoms with E-state index in [1.54, 1.807) is 0 Å². The van der Waals surface area contributed by atoms with Gasteiger partial charge in [0, 0.05) is 18.4 Å². The highest BCUT2D eigenvalue weighted by Gasteiger charge is 2.22. The second kappa shape index (κ2) is 6.72. The van der Waals surface area contributed by atoms with Crippen LogP contribution in [0.5, 0.6) is 5.75 Å². The van der Waals surface area contributed by atoms with Crippen LogP contribution in [0.15, 0.2) is 48.8 Å². The highest BCUT2D eigenvalue weighted by atomic mass is 16.5. The quantitative estimate of drug-likeness (QED) is 0.915. The summed E-state index contributed by atoms with van der Waals surface area (Å²) in [7, 11) is 0. The smallest absolute Gasteiger partial charge is 0.122 e. The zero-order valence-electron chi connectivity index (χ0n) is 12.2. The summed E-state index contributed by atoms with van der Waals surface area (Å²) in [5, 5.41) is 0. The fourth-order valence-electron chi connectivity index (χ4n) is 3.05. The lowest BCUT2D eigenvalue weighted by atomic mass is 9.86. The van der Waals surface area contributed by atoms with Gasteiger partial charge in [0.2, 0.25) is 0 Å². The second-order valence-corrected chi connectivity index (χ2v) is 5.76. The highest BCUT2D eigenvalue weighted by Crippen LogP contribution is 2.36. The number of benzene rings is 1. The van der Waals surface area contributed by atoms with Crippen molar-refractivity contribution in [3.8, 4) is 5.75 Å². The summed E-state index contributed by atoms with van der Waals surface area (Å²) in [6.07, 6.45) is 7.83. The molecule has 2 aromatic rings. The molecule has 0 radical (unpaired) electrons. The number of nitrogens with zero attached hydrogens (tertiary/aromatic N) is 1. The molecule has 3 heteroatoms. The lowest BCUT2D eigenvalue weighted by Gasteiger charge is -2.27. The average molecular weight is 282 g/mol. The maximum absolute atomic E-state index is 6.35. The SMILES string of the molecule is NC(CCc1ccncc1)CC1CCOc2ccccc21. The molecule has 3 rings (SSSR count). The lowest BCUT2D eigenvalue weighted by Crippen LogP contribution is -2.26. The third kappa shape index (κ3) is 3.61. The molecule has 0 aliphatic carbocycles. The van der Waals surface area contributed by atoms with Crippen LogP contribution < -0.4 is 10.5 Å². The van der Waals surface area contributed by atoms with Gasteiger partial charge < -0.3 is 10.5 Å². The van der Waals surface area contributed by atoms with Crippen LogP contribution >= 0.6 is 0 Å². The van der Waals surface area contributed by atoms with Crippen LogP contribution in [-0.2, 0) is 6.42 Å². The van der Waals surface area contributed by atoms with Crippen molar-refractivity contribution in [2.75, 3.05) is 6.61 Å². The van der Waals surface area contributed by atoms with Crippen LogP contribution in [0.1, 0.15) is 36.3 Å². The normalized spacial score (nSPS) is 18.6. The van der Waals surface area contributed by atoms with Crippen molar-refractivity contribution >= 4 is 0 Å². The van der Waals surface area contributed by atoms with Crippen LogP contribution in [0.2, 0.25) is 0 Å². The van der Waals surface area contributed by atoms with E-state index in [-0.39, 0.29) is 6.04 Å². The Morgan fingerprint density at radius 2 is 2.00 bits per heavy atom. The lowest BCUT2D eigenvalue weighted by molar-refractivity contribution is 0.258. The number of rotatable bonds is 5. The Balaban J connectivity index is 1.57. The molecule has 0 saturated carbocycles. The molecule has 0 amide bonds. The molecular formula is C18H22N2O. The first-order chi connectivity index (χ1) is 10.3. The third-order valence-corrected chi connectivity index (χ3v) is 4.22. The van der Waals surface area contributed by atoms with Crippen molar-refractivity contribution in [2.45, 2.75) is 37.6 Å². The number of hydrogen-bond acceptors (Lipinski definition) is 3. The number of para-hydroxylation sites is 1. The standard InChI is InChI=1S/C18H22N2O/c19-16(6-5-14-7-10-20-11-8-14)13-15-9-12-21-18-4-2-1-3-17(15)18/h1-4,7-8,10-11,15-16H,5-6,9,12-13,19H2. The second-order valence-electron chi connectivity index (χ2n) is 5.76. The van der Waals surface area contributed by atoms with Gasteiger partial charge in [0.15, 0.2) is 0 Å². The largest absolute Gasteiger partial charge is 0.493 e. The molecule has 2 N–H and O–H groups in total. The Hall–Kier alpha value is -1.87. The summed E-state index contributed by atoms with van der Waals surface area (Å²) in [6.45, 7) is 0.804. The number of pyridine rings is 1. The Labute approximate surface area is 126 Å². The van der Waals surface area contributed by atoms with E-state index in [9.17, 15) is 0 Å². The van der Waals surface area contributed by atoms with Crippen molar-refractivity contribution in [2.24, 2.45) is 5.73 Å². The minimum absolute atomic E-state index is 0.231. The monoisotopic (exact) mass is 282 g/mol. The molecule has 1 aromatic heterocycles. The Morgan fingerprint density at radius 1 is 1.19 bits per heavy atom. The Kier molecular flexibility index (Phi) is 4.51. The number of fused-ring (bicyclic) bond motifs is 1. The van der Waals surface area contributed by atoms with Gasteiger partial charge in [0.05, 0.1) is 6.61 Å². The topological polar surface area (TPSA) is 48.1 Å². The molecular weight excluding hydrogens is 260 g/mol. The van der Waals surface area contributed by atoms with Gasteiger partial charge in [-0.2, -0.15) is 0 Å². The van der Waals surface area contributed by atoms with E-state index in [1.807, 2.05) is 18.5 Å². The Bertz CT molecular complexity index is 570. The zero-order chi connectivity index (χ0) is 14.5. The fraction of sp³-hybridized carbons (Fsp3) is 0.389. The molecule has 1 aliphatic rings. The van der Waals surface area contributed by atoms with E-state index in [4.69, 9.17) is 10.5 Å². The number of aromatic nitrogens is 1. The minimum Gasteiger partial charge on any atom is -0.493 e. The van der Waals surface area contributed by atoms with Crippen molar-refractivity contribution in [3.05, 3.63) is 59.9 Å². The summed E-state index contributed by atoms with van der Waals surface area (Å²) in [5.41, 5.74) is 8.99. The Morgan fingerprint density at radius 3 is 2.86 bits per heavy atom. The molecule has 2 atom stereocenters. The first-order valence-electron chi connectivity index (χ1n) is 7.69. The van der Waals surface area contributed by atoms with E-state index < -0.39 is 0 Å².